The van der Waals surface area contributed by atoms with E-state index in [1.54, 1.807) is 0 Å². The van der Waals surface area contributed by atoms with Crippen LogP contribution in [0.2, 0.25) is 0 Å². The van der Waals surface area contributed by atoms with Gasteiger partial charge in [-0.1, -0.05) is 18.9 Å². The molecule has 0 aliphatic heterocycles. The quantitative estimate of drug-likeness (QED) is 0.823. The Balaban J connectivity index is 1.70. The Bertz CT molecular complexity index is 948. The van der Waals surface area contributed by atoms with Crippen molar-refractivity contribution in [2.75, 3.05) is 0 Å². The van der Waals surface area contributed by atoms with Gasteiger partial charge in [0.05, 0.1) is 12.0 Å². The molecule has 2 N–H and O–H groups in total. The van der Waals surface area contributed by atoms with E-state index in [9.17, 15) is 23.5 Å². The Labute approximate surface area is 160 Å². The van der Waals surface area contributed by atoms with Crippen molar-refractivity contribution < 1.29 is 23.5 Å². The number of carboxylic acid groups (broad SMARTS) is 1. The van der Waals surface area contributed by atoms with Crippen molar-refractivity contribution in [2.45, 2.75) is 56.9 Å². The summed E-state index contributed by atoms with van der Waals surface area (Å²) in [5.74, 6) is -3.39. The lowest BCUT2D eigenvalue weighted by Gasteiger charge is -2.28. The van der Waals surface area contributed by atoms with Gasteiger partial charge in [-0.2, -0.15) is 5.10 Å². The van der Waals surface area contributed by atoms with E-state index in [0.717, 1.165) is 30.9 Å². The Kier molecular flexibility index (Phi) is 4.64. The summed E-state index contributed by atoms with van der Waals surface area (Å²) in [6.07, 6.45) is 4.82. The first-order valence-electron chi connectivity index (χ1n) is 9.50. The predicted octanol–water partition coefficient (Wildman–Crippen LogP) is 3.16. The third-order valence-electron chi connectivity index (χ3n) is 5.73. The normalized spacial score (nSPS) is 17.5. The molecule has 0 atom stereocenters. The van der Waals surface area contributed by atoms with Crippen molar-refractivity contribution >= 4 is 11.9 Å². The van der Waals surface area contributed by atoms with Gasteiger partial charge in [0.25, 0.3) is 5.91 Å². The maximum Gasteiger partial charge on any atom is 0.305 e. The fourth-order valence-electron chi connectivity index (χ4n) is 4.46. The van der Waals surface area contributed by atoms with Crippen molar-refractivity contribution in [2.24, 2.45) is 0 Å². The number of nitrogens with zero attached hydrogens (tertiary/aromatic N) is 2. The van der Waals surface area contributed by atoms with Crippen LogP contribution in [0.3, 0.4) is 0 Å². The third-order valence-corrected chi connectivity index (χ3v) is 5.73. The van der Waals surface area contributed by atoms with Crippen LogP contribution in [0.1, 0.15) is 60.3 Å². The summed E-state index contributed by atoms with van der Waals surface area (Å²) in [5, 5.41) is 16.4. The first-order chi connectivity index (χ1) is 13.4. The number of hydrogen-bond acceptors (Lipinski definition) is 3. The molecule has 0 saturated heterocycles. The van der Waals surface area contributed by atoms with E-state index in [-0.39, 0.29) is 17.8 Å². The third kappa shape index (κ3) is 3.16. The molecule has 1 aromatic carbocycles. The molecule has 1 saturated carbocycles. The molecule has 1 heterocycles. The Morgan fingerprint density at radius 1 is 1.18 bits per heavy atom. The second kappa shape index (κ2) is 7.00. The molecule has 0 unspecified atom stereocenters. The summed E-state index contributed by atoms with van der Waals surface area (Å²) in [6, 6.07) is 3.86. The number of aromatic nitrogens is 2. The number of carbonyl (C=O) groups excluding carboxylic acids is 1. The fourth-order valence-corrected chi connectivity index (χ4v) is 4.46. The zero-order chi connectivity index (χ0) is 19.9. The lowest BCUT2D eigenvalue weighted by Crippen LogP contribution is -2.48. The van der Waals surface area contributed by atoms with E-state index in [4.69, 9.17) is 0 Å². The van der Waals surface area contributed by atoms with Crippen LogP contribution in [-0.4, -0.2) is 32.3 Å². The predicted molar refractivity (Wildman–Crippen MR) is 96.4 cm³/mol. The van der Waals surface area contributed by atoms with Crippen LogP contribution in [0.25, 0.3) is 5.69 Å². The van der Waals surface area contributed by atoms with Gasteiger partial charge in [0.1, 0.15) is 5.69 Å². The first kappa shape index (κ1) is 18.6. The van der Waals surface area contributed by atoms with Crippen LogP contribution in [0, 0.1) is 11.6 Å². The lowest BCUT2D eigenvalue weighted by molar-refractivity contribution is -0.138. The van der Waals surface area contributed by atoms with E-state index >= 15 is 0 Å². The van der Waals surface area contributed by atoms with Crippen molar-refractivity contribution in [1.82, 2.24) is 15.1 Å². The van der Waals surface area contributed by atoms with Gasteiger partial charge in [-0.15, -0.1) is 0 Å². The largest absolute Gasteiger partial charge is 0.481 e. The maximum absolute atomic E-state index is 14.3. The van der Waals surface area contributed by atoms with E-state index in [2.05, 4.69) is 10.4 Å². The van der Waals surface area contributed by atoms with Crippen molar-refractivity contribution in [3.63, 3.8) is 0 Å². The molecule has 1 fully saturated rings. The summed E-state index contributed by atoms with van der Waals surface area (Å²) < 4.78 is 29.3. The van der Waals surface area contributed by atoms with Gasteiger partial charge in [-0.25, -0.2) is 13.5 Å². The smallest absolute Gasteiger partial charge is 0.305 e. The molecule has 2 aromatic rings. The SMILES string of the molecule is O=C(O)CC1(NC(=O)c2nn(-c3cccc(F)c3F)c3c2CCC3)CCCC1. The van der Waals surface area contributed by atoms with Gasteiger partial charge in [0.2, 0.25) is 0 Å². The number of aliphatic carboxylic acids is 1. The Hall–Kier alpha value is -2.77. The van der Waals surface area contributed by atoms with Gasteiger partial charge >= 0.3 is 5.97 Å². The summed E-state index contributed by atoms with van der Waals surface area (Å²) in [7, 11) is 0. The maximum atomic E-state index is 14.3. The van der Waals surface area contributed by atoms with Crippen molar-refractivity contribution in [3.05, 3.63) is 46.8 Å². The monoisotopic (exact) mass is 389 g/mol. The molecule has 6 nitrogen and oxygen atoms in total. The van der Waals surface area contributed by atoms with Crippen LogP contribution in [-0.2, 0) is 17.6 Å². The molecular formula is C20H21F2N3O3. The van der Waals surface area contributed by atoms with E-state index in [0.29, 0.717) is 31.4 Å². The second-order valence-electron chi connectivity index (χ2n) is 7.62. The standard InChI is InChI=1S/C20H21F2N3O3/c21-13-6-4-8-15(17(13)22)25-14-7-3-5-12(14)18(24-25)19(28)23-20(11-16(26)27)9-1-2-10-20/h4,6,8H,1-3,5,7,9-11H2,(H,23,28)(H,26,27). The van der Waals surface area contributed by atoms with Gasteiger partial charge < -0.3 is 10.4 Å². The van der Waals surface area contributed by atoms with E-state index in [1.165, 1.54) is 16.8 Å². The topological polar surface area (TPSA) is 84.2 Å². The molecule has 4 rings (SSSR count). The average molecular weight is 389 g/mol. The fraction of sp³-hybridized carbons (Fsp3) is 0.450. The highest BCUT2D eigenvalue weighted by Gasteiger charge is 2.39. The van der Waals surface area contributed by atoms with E-state index < -0.39 is 29.0 Å². The van der Waals surface area contributed by atoms with E-state index in [1.807, 2.05) is 0 Å². The van der Waals surface area contributed by atoms with Crippen molar-refractivity contribution in [3.8, 4) is 5.69 Å². The number of carbonyl (C=O) groups is 2. The van der Waals surface area contributed by atoms with Crippen LogP contribution < -0.4 is 5.32 Å². The highest BCUT2D eigenvalue weighted by Crippen LogP contribution is 2.34. The number of carboxylic acids is 1. The molecule has 1 aromatic heterocycles. The Morgan fingerprint density at radius 3 is 2.64 bits per heavy atom. The lowest BCUT2D eigenvalue weighted by atomic mass is 9.93. The zero-order valence-corrected chi connectivity index (χ0v) is 15.3. The van der Waals surface area contributed by atoms with Crippen LogP contribution in [0.4, 0.5) is 8.78 Å². The Morgan fingerprint density at radius 2 is 1.93 bits per heavy atom. The summed E-state index contributed by atoms with van der Waals surface area (Å²) in [6.45, 7) is 0. The zero-order valence-electron chi connectivity index (χ0n) is 15.3. The molecular weight excluding hydrogens is 368 g/mol. The number of rotatable bonds is 5. The van der Waals surface area contributed by atoms with Gasteiger partial charge in [0, 0.05) is 11.3 Å². The molecule has 0 bridgehead atoms. The number of amides is 1. The highest BCUT2D eigenvalue weighted by atomic mass is 19.2. The minimum Gasteiger partial charge on any atom is -0.481 e. The average Bonchev–Trinajstić information content (AvgIpc) is 3.33. The highest BCUT2D eigenvalue weighted by molar-refractivity contribution is 5.95. The first-order valence-corrected chi connectivity index (χ1v) is 9.50. The molecule has 8 heteroatoms. The van der Waals surface area contributed by atoms with Gasteiger partial charge in [-0.05, 0) is 44.2 Å². The number of halogens is 2. The number of nitrogens with one attached hydrogen (secondary N) is 1. The summed E-state index contributed by atoms with van der Waals surface area (Å²) in [5.41, 5.74) is 0.798. The van der Waals surface area contributed by atoms with Crippen molar-refractivity contribution in [1.29, 1.82) is 0 Å². The van der Waals surface area contributed by atoms with Gasteiger partial charge in [0.15, 0.2) is 17.3 Å². The summed E-state index contributed by atoms with van der Waals surface area (Å²) in [4.78, 5) is 24.3. The van der Waals surface area contributed by atoms with Crippen LogP contribution >= 0.6 is 0 Å². The minimum atomic E-state index is -1.01. The molecule has 2 aliphatic carbocycles. The molecule has 148 valence electrons. The molecule has 0 spiro atoms. The minimum absolute atomic E-state index is 0.0293. The van der Waals surface area contributed by atoms with Crippen LogP contribution in [0.15, 0.2) is 18.2 Å². The van der Waals surface area contributed by atoms with Gasteiger partial charge in [-0.3, -0.25) is 9.59 Å². The molecule has 2 aliphatic rings. The number of hydrogen-bond donors (Lipinski definition) is 2. The van der Waals surface area contributed by atoms with Crippen LogP contribution in [0.5, 0.6) is 0 Å². The second-order valence-corrected chi connectivity index (χ2v) is 7.62. The molecule has 1 amide bonds. The number of fused-ring (bicyclic) bond motifs is 1. The molecule has 28 heavy (non-hydrogen) atoms. The summed E-state index contributed by atoms with van der Waals surface area (Å²) >= 11 is 0. The molecule has 0 radical (unpaired) electrons. The number of benzene rings is 1.